The number of benzene rings is 1. The lowest BCUT2D eigenvalue weighted by Crippen LogP contribution is -2.46. The molecule has 0 radical (unpaired) electrons. The van der Waals surface area contributed by atoms with Crippen molar-refractivity contribution in [3.05, 3.63) is 35.8 Å². The van der Waals surface area contributed by atoms with Crippen LogP contribution in [0.25, 0.3) is 16.6 Å². The van der Waals surface area contributed by atoms with Crippen molar-refractivity contribution in [3.63, 3.8) is 0 Å². The number of aromatic amines is 1. The number of rotatable bonds is 4. The van der Waals surface area contributed by atoms with Crippen LogP contribution >= 0.6 is 11.8 Å². The fourth-order valence-electron chi connectivity index (χ4n) is 3.63. The summed E-state index contributed by atoms with van der Waals surface area (Å²) >= 11 is 1.56. The van der Waals surface area contributed by atoms with Gasteiger partial charge in [-0.3, -0.25) is 4.79 Å². The van der Waals surface area contributed by atoms with Gasteiger partial charge in [0.15, 0.2) is 11.6 Å². The molecule has 1 amide bonds. The highest BCUT2D eigenvalue weighted by Crippen LogP contribution is 2.47. The number of imidazole rings is 1. The Morgan fingerprint density at radius 3 is 3.07 bits per heavy atom. The third kappa shape index (κ3) is 2.99. The van der Waals surface area contributed by atoms with Gasteiger partial charge in [-0.2, -0.15) is 5.26 Å². The molecule has 9 heteroatoms. The molecule has 2 aliphatic heterocycles. The smallest absolute Gasteiger partial charge is 0.330 e. The highest BCUT2D eigenvalue weighted by molar-refractivity contribution is 8.01. The van der Waals surface area contributed by atoms with Crippen LogP contribution < -0.4 is 0 Å². The third-order valence-electron chi connectivity index (χ3n) is 5.09. The normalized spacial score (nSPS) is 24.8. The number of nitrogens with zero attached hydrogens (tertiary/aromatic N) is 3. The van der Waals surface area contributed by atoms with Crippen molar-refractivity contribution < 1.29 is 19.4 Å². The number of amides is 1. The number of para-hydroxylation sites is 2. The predicted octanol–water partition coefficient (Wildman–Crippen LogP) is 2.35. The summed E-state index contributed by atoms with van der Waals surface area (Å²) in [6.45, 7) is 1.49. The number of ether oxygens (including phenoxy) is 1. The molecule has 0 saturated carbocycles. The summed E-state index contributed by atoms with van der Waals surface area (Å²) < 4.78 is 5.22. The lowest BCUT2D eigenvalue weighted by Gasteiger charge is -2.29. The van der Waals surface area contributed by atoms with E-state index in [0.29, 0.717) is 24.1 Å². The Morgan fingerprint density at radius 2 is 2.32 bits per heavy atom. The second-order valence-corrected chi connectivity index (χ2v) is 8.41. The van der Waals surface area contributed by atoms with Crippen LogP contribution in [0, 0.1) is 11.3 Å². The van der Waals surface area contributed by atoms with Crippen molar-refractivity contribution in [1.82, 2.24) is 14.9 Å². The second kappa shape index (κ2) is 6.87. The van der Waals surface area contributed by atoms with Crippen LogP contribution in [0.5, 0.6) is 0 Å². The van der Waals surface area contributed by atoms with Crippen LogP contribution in [0.15, 0.2) is 30.0 Å². The average molecular weight is 398 g/mol. The maximum atomic E-state index is 12.5. The number of carbonyl (C=O) groups excluding carboxylic acids is 2. The second-order valence-electron chi connectivity index (χ2n) is 6.91. The number of aliphatic hydroxyl groups excluding tert-OH is 1. The fourth-order valence-corrected chi connectivity index (χ4v) is 5.05. The lowest BCUT2D eigenvalue weighted by atomic mass is 10.2. The van der Waals surface area contributed by atoms with E-state index in [-0.39, 0.29) is 22.2 Å². The number of fused-ring (bicyclic) bond motifs is 2. The Morgan fingerprint density at radius 1 is 1.54 bits per heavy atom. The molecule has 8 nitrogen and oxygen atoms in total. The van der Waals surface area contributed by atoms with Crippen molar-refractivity contribution in [2.45, 2.75) is 30.7 Å². The number of nitrogens with one attached hydrogen (secondary N) is 1. The Bertz CT molecular complexity index is 1010. The zero-order valence-electron chi connectivity index (χ0n) is 15.1. The minimum atomic E-state index is -0.672. The minimum Gasteiger partial charge on any atom is -0.507 e. The summed E-state index contributed by atoms with van der Waals surface area (Å²) in [4.78, 5) is 33.1. The SMILES string of the molecule is C[C@@]12CCC(=O)N1[C@H](C(=O)OCC(O)=C(C#N)c1nc3ccccc3[nH]1)CS2. The number of nitriles is 1. The van der Waals surface area contributed by atoms with E-state index in [2.05, 4.69) is 9.97 Å². The number of thioether (sulfide) groups is 1. The first-order valence-electron chi connectivity index (χ1n) is 8.83. The molecule has 0 unspecified atom stereocenters. The van der Waals surface area contributed by atoms with Gasteiger partial charge in [0.1, 0.15) is 24.3 Å². The van der Waals surface area contributed by atoms with Crippen LogP contribution in [-0.2, 0) is 14.3 Å². The van der Waals surface area contributed by atoms with Gasteiger partial charge in [-0.05, 0) is 25.5 Å². The molecular weight excluding hydrogens is 380 g/mol. The van der Waals surface area contributed by atoms with Crippen molar-refractivity contribution in [3.8, 4) is 6.07 Å². The standard InChI is InChI=1S/C19H18N4O4S/c1-19-7-6-16(25)23(19)14(10-28-19)18(26)27-9-15(24)11(8-20)17-21-12-4-2-3-5-13(12)22-17/h2-5,14,24H,6-7,9-10H2,1H3,(H,21,22)/t14-,19+/m0/s1. The summed E-state index contributed by atoms with van der Waals surface area (Å²) in [6, 6.07) is 8.46. The first kappa shape index (κ1) is 18.4. The molecule has 144 valence electrons. The molecule has 2 aromatic rings. The molecule has 4 rings (SSSR count). The highest BCUT2D eigenvalue weighted by atomic mass is 32.2. The Balaban J connectivity index is 1.49. The minimum absolute atomic E-state index is 0.0609. The number of aliphatic hydroxyl groups is 1. The number of carbonyl (C=O) groups is 2. The molecule has 3 heterocycles. The van der Waals surface area contributed by atoms with Crippen LogP contribution in [0.2, 0.25) is 0 Å². The fraction of sp³-hybridized carbons (Fsp3) is 0.368. The van der Waals surface area contributed by atoms with E-state index in [1.807, 2.05) is 25.1 Å². The Kier molecular flexibility index (Phi) is 4.51. The van der Waals surface area contributed by atoms with Gasteiger partial charge in [0.25, 0.3) is 0 Å². The molecule has 2 saturated heterocycles. The van der Waals surface area contributed by atoms with Crippen LogP contribution in [-0.4, -0.2) is 55.1 Å². The van der Waals surface area contributed by atoms with Crippen molar-refractivity contribution in [2.75, 3.05) is 12.4 Å². The average Bonchev–Trinajstić information content (AvgIpc) is 3.33. The molecule has 2 aliphatic rings. The number of H-pyrrole nitrogens is 1. The Hall–Kier alpha value is -2.99. The molecule has 0 spiro atoms. The largest absolute Gasteiger partial charge is 0.507 e. The van der Waals surface area contributed by atoms with Gasteiger partial charge in [-0.25, -0.2) is 9.78 Å². The van der Waals surface area contributed by atoms with Crippen LogP contribution in [0.3, 0.4) is 0 Å². The highest BCUT2D eigenvalue weighted by Gasteiger charge is 2.53. The topological polar surface area (TPSA) is 119 Å². The van der Waals surface area contributed by atoms with Crippen molar-refractivity contribution in [2.24, 2.45) is 0 Å². The Labute approximate surface area is 165 Å². The van der Waals surface area contributed by atoms with Gasteiger partial charge < -0.3 is 19.7 Å². The molecular formula is C19H18N4O4S. The molecule has 2 atom stereocenters. The molecule has 0 aliphatic carbocycles. The zero-order valence-corrected chi connectivity index (χ0v) is 16.0. The summed E-state index contributed by atoms with van der Waals surface area (Å²) in [5.74, 6) is -0.374. The molecule has 2 fully saturated rings. The van der Waals surface area contributed by atoms with E-state index in [9.17, 15) is 20.0 Å². The summed E-state index contributed by atoms with van der Waals surface area (Å²) in [5.41, 5.74) is 1.29. The van der Waals surface area contributed by atoms with Gasteiger partial charge in [-0.1, -0.05) is 12.1 Å². The summed E-state index contributed by atoms with van der Waals surface area (Å²) in [7, 11) is 0. The van der Waals surface area contributed by atoms with Gasteiger partial charge in [-0.15, -0.1) is 11.8 Å². The summed E-state index contributed by atoms with van der Waals surface area (Å²) in [5, 5.41) is 19.7. The van der Waals surface area contributed by atoms with Gasteiger partial charge in [0.05, 0.1) is 15.9 Å². The quantitative estimate of drug-likeness (QED) is 0.461. The van der Waals surface area contributed by atoms with E-state index >= 15 is 0 Å². The van der Waals surface area contributed by atoms with E-state index in [1.165, 1.54) is 0 Å². The number of hydrogen-bond donors (Lipinski definition) is 2. The van der Waals surface area contributed by atoms with E-state index < -0.39 is 24.4 Å². The van der Waals surface area contributed by atoms with Gasteiger partial charge >= 0.3 is 5.97 Å². The molecule has 1 aromatic heterocycles. The molecule has 1 aromatic carbocycles. The van der Waals surface area contributed by atoms with Crippen molar-refractivity contribution >= 4 is 40.2 Å². The van der Waals surface area contributed by atoms with E-state index in [1.54, 1.807) is 28.8 Å². The number of hydrogen-bond acceptors (Lipinski definition) is 7. The van der Waals surface area contributed by atoms with Crippen molar-refractivity contribution in [1.29, 1.82) is 5.26 Å². The van der Waals surface area contributed by atoms with Crippen LogP contribution in [0.1, 0.15) is 25.6 Å². The third-order valence-corrected chi connectivity index (χ3v) is 6.60. The van der Waals surface area contributed by atoms with Gasteiger partial charge in [0, 0.05) is 12.2 Å². The number of aromatic nitrogens is 2. The maximum Gasteiger partial charge on any atom is 0.330 e. The zero-order chi connectivity index (χ0) is 19.9. The molecule has 2 N–H and O–H groups in total. The monoisotopic (exact) mass is 398 g/mol. The maximum absolute atomic E-state index is 12.5. The first-order valence-corrected chi connectivity index (χ1v) is 9.81. The van der Waals surface area contributed by atoms with Gasteiger partial charge in [0.2, 0.25) is 5.91 Å². The summed E-state index contributed by atoms with van der Waals surface area (Å²) in [6.07, 6.45) is 1.12. The van der Waals surface area contributed by atoms with Crippen LogP contribution in [0.4, 0.5) is 0 Å². The predicted molar refractivity (Wildman–Crippen MR) is 103 cm³/mol. The molecule has 0 bridgehead atoms. The van der Waals surface area contributed by atoms with E-state index in [0.717, 1.165) is 5.52 Å². The van der Waals surface area contributed by atoms with E-state index in [4.69, 9.17) is 4.74 Å². The molecule has 28 heavy (non-hydrogen) atoms. The lowest BCUT2D eigenvalue weighted by molar-refractivity contribution is -0.153. The number of allylic oxidation sites excluding steroid dienone is 1. The number of esters is 1. The first-order chi connectivity index (χ1) is 13.4.